The summed E-state index contributed by atoms with van der Waals surface area (Å²) in [4.78, 5) is 13.9. The van der Waals surface area contributed by atoms with Gasteiger partial charge in [0, 0.05) is 50.4 Å². The van der Waals surface area contributed by atoms with Crippen molar-refractivity contribution in [1.29, 1.82) is 0 Å². The van der Waals surface area contributed by atoms with Gasteiger partial charge in [0.15, 0.2) is 0 Å². The molecule has 2 aromatic heterocycles. The Bertz CT molecular complexity index is 1440. The molecule has 0 radical (unpaired) electrons. The van der Waals surface area contributed by atoms with Crippen LogP contribution in [0.5, 0.6) is 11.5 Å². The van der Waals surface area contributed by atoms with Crippen LogP contribution in [0.1, 0.15) is 5.56 Å². The van der Waals surface area contributed by atoms with Gasteiger partial charge in [0.05, 0.1) is 21.2 Å². The molecule has 1 aliphatic rings. The summed E-state index contributed by atoms with van der Waals surface area (Å²) in [5.74, 6) is 1.58. The lowest BCUT2D eigenvalue weighted by atomic mass is 10.0. The first-order valence-corrected chi connectivity index (χ1v) is 12.5. The highest BCUT2D eigenvalue weighted by Crippen LogP contribution is 2.33. The lowest BCUT2D eigenvalue weighted by Crippen LogP contribution is -2.43. The van der Waals surface area contributed by atoms with E-state index in [4.69, 9.17) is 4.74 Å². The molecule has 0 amide bonds. The average Bonchev–Trinajstić information content (AvgIpc) is 3.34. The second kappa shape index (κ2) is 9.14. The van der Waals surface area contributed by atoms with E-state index in [0.717, 1.165) is 70.9 Å². The van der Waals surface area contributed by atoms with Gasteiger partial charge in [0.1, 0.15) is 11.5 Å². The zero-order valence-electron chi connectivity index (χ0n) is 19.1. The maximum atomic E-state index is 6.23. The van der Waals surface area contributed by atoms with Crippen LogP contribution in [0.2, 0.25) is 0 Å². The van der Waals surface area contributed by atoms with Crippen LogP contribution in [-0.2, 0) is 6.54 Å². The topological polar surface area (TPSA) is 41.5 Å². The molecular weight excluding hydrogens is 440 g/mol. The van der Waals surface area contributed by atoms with Crippen LogP contribution in [0.25, 0.3) is 32.2 Å². The Hall–Kier alpha value is -3.32. The number of piperazine rings is 1. The maximum Gasteiger partial charge on any atom is 0.138 e. The number of fused-ring (bicyclic) bond motifs is 2. The van der Waals surface area contributed by atoms with Crippen molar-refractivity contribution in [3.63, 3.8) is 0 Å². The second-order valence-corrected chi connectivity index (χ2v) is 9.79. The lowest BCUT2D eigenvalue weighted by Gasteiger charge is -2.32. The molecule has 0 unspecified atom stereocenters. The number of benzene rings is 3. The summed E-state index contributed by atoms with van der Waals surface area (Å²) in [6.45, 7) is 5.58. The van der Waals surface area contributed by atoms with E-state index in [1.165, 1.54) is 11.1 Å². The first kappa shape index (κ1) is 21.2. The average molecular weight is 467 g/mol. The molecule has 1 fully saturated rings. The van der Waals surface area contributed by atoms with Crippen molar-refractivity contribution in [2.45, 2.75) is 6.54 Å². The van der Waals surface area contributed by atoms with Crippen LogP contribution in [0.3, 0.4) is 0 Å². The molecular formula is C28H26N4OS. The molecule has 0 N–H and O–H groups in total. The van der Waals surface area contributed by atoms with Gasteiger partial charge in [-0.25, -0.2) is 4.98 Å². The van der Waals surface area contributed by atoms with Gasteiger partial charge in [0.2, 0.25) is 0 Å². The molecule has 6 heteroatoms. The van der Waals surface area contributed by atoms with Crippen LogP contribution < -0.4 is 4.74 Å². The Morgan fingerprint density at radius 3 is 2.50 bits per heavy atom. The third-order valence-corrected chi connectivity index (χ3v) is 7.33. The first-order valence-electron chi connectivity index (χ1n) is 11.6. The van der Waals surface area contributed by atoms with Crippen molar-refractivity contribution >= 4 is 32.5 Å². The lowest BCUT2D eigenvalue weighted by molar-refractivity contribution is 0.148. The highest BCUT2D eigenvalue weighted by Gasteiger charge is 2.14. The molecule has 170 valence electrons. The predicted octanol–water partition coefficient (Wildman–Crippen LogP) is 6.05. The number of pyridine rings is 1. The molecule has 1 aliphatic heterocycles. The van der Waals surface area contributed by atoms with E-state index in [0.29, 0.717) is 0 Å². The van der Waals surface area contributed by atoms with Crippen molar-refractivity contribution in [2.24, 2.45) is 0 Å². The fourth-order valence-corrected chi connectivity index (χ4v) is 5.14. The van der Waals surface area contributed by atoms with Crippen molar-refractivity contribution in [3.8, 4) is 22.6 Å². The number of thiazole rings is 1. The third-order valence-electron chi connectivity index (χ3n) is 6.52. The number of likely N-dealkylation sites (N-methyl/N-ethyl adjacent to an activating group) is 1. The third kappa shape index (κ3) is 4.40. The summed E-state index contributed by atoms with van der Waals surface area (Å²) in [5, 5.41) is 0.997. The molecule has 5 aromatic rings. The number of ether oxygens (including phenoxy) is 1. The predicted molar refractivity (Wildman–Crippen MR) is 140 cm³/mol. The van der Waals surface area contributed by atoms with Crippen LogP contribution in [0, 0.1) is 0 Å². The smallest absolute Gasteiger partial charge is 0.138 e. The molecule has 1 saturated heterocycles. The molecule has 0 spiro atoms. The minimum absolute atomic E-state index is 0.783. The number of hydrogen-bond acceptors (Lipinski definition) is 6. The van der Waals surface area contributed by atoms with E-state index in [1.54, 1.807) is 11.3 Å². The Balaban J connectivity index is 1.22. The van der Waals surface area contributed by atoms with Gasteiger partial charge >= 0.3 is 0 Å². The zero-order valence-corrected chi connectivity index (χ0v) is 20.0. The molecule has 34 heavy (non-hydrogen) atoms. The van der Waals surface area contributed by atoms with Gasteiger partial charge < -0.3 is 9.64 Å². The standard InChI is InChI=1S/C28H26N4OS/c1-31-12-14-32(15-13-31)18-20-2-4-21(5-3-20)22-6-8-24-25(16-22)29-11-10-27(24)33-23-7-9-28-26(17-23)30-19-34-28/h2-11,16-17,19H,12-15,18H2,1H3. The summed E-state index contributed by atoms with van der Waals surface area (Å²) >= 11 is 1.63. The first-order chi connectivity index (χ1) is 16.7. The summed E-state index contributed by atoms with van der Waals surface area (Å²) in [7, 11) is 2.20. The maximum absolute atomic E-state index is 6.23. The van der Waals surface area contributed by atoms with Gasteiger partial charge in [-0.3, -0.25) is 9.88 Å². The quantitative estimate of drug-likeness (QED) is 0.315. The molecule has 0 atom stereocenters. The highest BCUT2D eigenvalue weighted by molar-refractivity contribution is 7.16. The molecule has 0 bridgehead atoms. The Kier molecular flexibility index (Phi) is 5.71. The summed E-state index contributed by atoms with van der Waals surface area (Å²) in [5.41, 5.74) is 7.46. The van der Waals surface area contributed by atoms with E-state index in [2.05, 4.69) is 75.3 Å². The van der Waals surface area contributed by atoms with Crippen LogP contribution in [-0.4, -0.2) is 53.0 Å². The minimum atomic E-state index is 0.783. The SMILES string of the molecule is CN1CCN(Cc2ccc(-c3ccc4c(Oc5ccc6scnc6c5)ccnc4c3)cc2)CC1. The van der Waals surface area contributed by atoms with Crippen molar-refractivity contribution in [1.82, 2.24) is 19.8 Å². The fraction of sp³-hybridized carbons (Fsp3) is 0.214. The Labute approximate surface area is 203 Å². The van der Waals surface area contributed by atoms with Gasteiger partial charge in [-0.05, 0) is 54.1 Å². The normalized spacial score (nSPS) is 15.2. The van der Waals surface area contributed by atoms with Crippen molar-refractivity contribution < 1.29 is 4.74 Å². The van der Waals surface area contributed by atoms with E-state index < -0.39 is 0 Å². The molecule has 3 aromatic carbocycles. The van der Waals surface area contributed by atoms with Gasteiger partial charge in [-0.15, -0.1) is 11.3 Å². The zero-order chi connectivity index (χ0) is 22.9. The molecule has 0 aliphatic carbocycles. The highest BCUT2D eigenvalue weighted by atomic mass is 32.1. The number of aromatic nitrogens is 2. The minimum Gasteiger partial charge on any atom is -0.457 e. The van der Waals surface area contributed by atoms with Crippen LogP contribution >= 0.6 is 11.3 Å². The molecule has 6 rings (SSSR count). The summed E-state index contributed by atoms with van der Waals surface area (Å²) in [6.07, 6.45) is 1.81. The Morgan fingerprint density at radius 1 is 0.824 bits per heavy atom. The van der Waals surface area contributed by atoms with E-state index >= 15 is 0 Å². The molecule has 3 heterocycles. The number of hydrogen-bond donors (Lipinski definition) is 0. The van der Waals surface area contributed by atoms with E-state index in [-0.39, 0.29) is 0 Å². The van der Waals surface area contributed by atoms with Gasteiger partial charge in [0.25, 0.3) is 0 Å². The second-order valence-electron chi connectivity index (χ2n) is 8.90. The molecule has 5 nitrogen and oxygen atoms in total. The van der Waals surface area contributed by atoms with E-state index in [9.17, 15) is 0 Å². The number of nitrogens with zero attached hydrogens (tertiary/aromatic N) is 4. The van der Waals surface area contributed by atoms with Crippen molar-refractivity contribution in [3.05, 3.63) is 84.0 Å². The van der Waals surface area contributed by atoms with E-state index in [1.807, 2.05) is 29.9 Å². The van der Waals surface area contributed by atoms with Crippen LogP contribution in [0.15, 0.2) is 78.4 Å². The Morgan fingerprint density at radius 2 is 1.65 bits per heavy atom. The summed E-state index contributed by atoms with van der Waals surface area (Å²) in [6, 6.07) is 23.3. The largest absolute Gasteiger partial charge is 0.457 e. The van der Waals surface area contributed by atoms with Gasteiger partial charge in [-0.2, -0.15) is 0 Å². The monoisotopic (exact) mass is 466 g/mol. The summed E-state index contributed by atoms with van der Waals surface area (Å²) < 4.78 is 7.38. The van der Waals surface area contributed by atoms with Gasteiger partial charge in [-0.1, -0.05) is 30.3 Å². The van der Waals surface area contributed by atoms with Crippen molar-refractivity contribution in [2.75, 3.05) is 33.2 Å². The molecule has 0 saturated carbocycles. The fourth-order valence-electron chi connectivity index (χ4n) is 4.49. The number of rotatable bonds is 5. The van der Waals surface area contributed by atoms with Crippen LogP contribution in [0.4, 0.5) is 0 Å².